The maximum absolute atomic E-state index is 4.42. The van der Waals surface area contributed by atoms with E-state index in [0.717, 1.165) is 10.1 Å². The van der Waals surface area contributed by atoms with Crippen molar-refractivity contribution >= 4 is 37.9 Å². The zero-order valence-electron chi connectivity index (χ0n) is 9.13. The Morgan fingerprint density at radius 3 is 2.75 bits per heavy atom. The Bertz CT molecular complexity index is 698. The van der Waals surface area contributed by atoms with Crippen LogP contribution in [0.2, 0.25) is 0 Å². The van der Waals surface area contributed by atoms with E-state index in [2.05, 4.69) is 57.9 Å². The summed E-state index contributed by atoms with van der Waals surface area (Å²) in [6.45, 7) is 4.17. The molecule has 0 spiro atoms. The van der Waals surface area contributed by atoms with E-state index in [1.807, 2.05) is 6.20 Å². The predicted octanol–water partition coefficient (Wildman–Crippen LogP) is 4.10. The number of fused-ring (bicyclic) bond motifs is 3. The molecular weight excluding hydrogens is 264 g/mol. The monoisotopic (exact) mass is 274 g/mol. The van der Waals surface area contributed by atoms with Crippen LogP contribution in [0.5, 0.6) is 0 Å². The average molecular weight is 275 g/mol. The Balaban J connectivity index is 2.57. The van der Waals surface area contributed by atoms with Gasteiger partial charge in [0.25, 0.3) is 0 Å². The third-order valence-electron chi connectivity index (χ3n) is 2.86. The molecule has 1 aromatic carbocycles. The molecule has 3 rings (SSSR count). The van der Waals surface area contributed by atoms with Crippen LogP contribution in [-0.4, -0.2) is 9.97 Å². The highest BCUT2D eigenvalue weighted by atomic mass is 79.9. The van der Waals surface area contributed by atoms with Crippen molar-refractivity contribution in [3.05, 3.63) is 40.0 Å². The molecular formula is C13H11BrN2. The van der Waals surface area contributed by atoms with Gasteiger partial charge >= 0.3 is 0 Å². The molecule has 0 atom stereocenters. The number of pyridine rings is 1. The molecule has 0 aliphatic rings. The normalized spacial score (nSPS) is 11.4. The highest BCUT2D eigenvalue weighted by Gasteiger charge is 2.08. The average Bonchev–Trinajstić information content (AvgIpc) is 2.57. The van der Waals surface area contributed by atoms with Crippen LogP contribution in [-0.2, 0) is 0 Å². The van der Waals surface area contributed by atoms with Gasteiger partial charge in [-0.1, -0.05) is 15.9 Å². The van der Waals surface area contributed by atoms with Crippen LogP contribution >= 0.6 is 15.9 Å². The molecule has 0 fully saturated rings. The summed E-state index contributed by atoms with van der Waals surface area (Å²) in [5.74, 6) is 0. The van der Waals surface area contributed by atoms with Crippen LogP contribution in [0.1, 0.15) is 11.1 Å². The number of hydrogen-bond acceptors (Lipinski definition) is 1. The lowest BCUT2D eigenvalue weighted by molar-refractivity contribution is 1.29. The summed E-state index contributed by atoms with van der Waals surface area (Å²) in [4.78, 5) is 7.79. The highest BCUT2D eigenvalue weighted by Crippen LogP contribution is 2.29. The number of aryl methyl sites for hydroxylation is 2. The molecule has 0 radical (unpaired) electrons. The molecule has 0 unspecified atom stereocenters. The first kappa shape index (κ1) is 9.85. The number of nitrogens with zero attached hydrogens (tertiary/aromatic N) is 1. The summed E-state index contributed by atoms with van der Waals surface area (Å²) in [6, 6.07) is 6.43. The molecule has 2 heterocycles. The highest BCUT2D eigenvalue weighted by molar-refractivity contribution is 9.10. The van der Waals surface area contributed by atoms with Gasteiger partial charge in [-0.25, -0.2) is 4.98 Å². The fraction of sp³-hybridized carbons (Fsp3) is 0.154. The number of H-pyrrole nitrogens is 1. The molecule has 0 aliphatic carbocycles. The van der Waals surface area contributed by atoms with Crippen molar-refractivity contribution in [2.24, 2.45) is 0 Å². The third kappa shape index (κ3) is 1.35. The second-order valence-electron chi connectivity index (χ2n) is 4.18. The van der Waals surface area contributed by atoms with Crippen LogP contribution in [0.15, 0.2) is 28.9 Å². The zero-order valence-corrected chi connectivity index (χ0v) is 10.7. The number of nitrogens with one attached hydrogen (secondary N) is 1. The van der Waals surface area contributed by atoms with Crippen molar-refractivity contribution in [2.45, 2.75) is 13.8 Å². The minimum atomic E-state index is 0.960. The molecule has 3 heteroatoms. The van der Waals surface area contributed by atoms with Crippen molar-refractivity contribution in [3.63, 3.8) is 0 Å². The molecule has 0 bridgehead atoms. The van der Waals surface area contributed by atoms with Crippen molar-refractivity contribution in [1.29, 1.82) is 0 Å². The van der Waals surface area contributed by atoms with E-state index in [-0.39, 0.29) is 0 Å². The second-order valence-corrected chi connectivity index (χ2v) is 5.09. The van der Waals surface area contributed by atoms with Gasteiger partial charge in [-0.3, -0.25) is 0 Å². The summed E-state index contributed by atoms with van der Waals surface area (Å²) in [7, 11) is 0. The van der Waals surface area contributed by atoms with Gasteiger partial charge in [-0.15, -0.1) is 0 Å². The van der Waals surface area contributed by atoms with Crippen molar-refractivity contribution in [3.8, 4) is 0 Å². The van der Waals surface area contributed by atoms with Crippen LogP contribution in [0, 0.1) is 13.8 Å². The number of aromatic nitrogens is 2. The van der Waals surface area contributed by atoms with E-state index in [0.29, 0.717) is 0 Å². The van der Waals surface area contributed by atoms with E-state index in [4.69, 9.17) is 0 Å². The third-order valence-corrected chi connectivity index (χ3v) is 3.32. The summed E-state index contributed by atoms with van der Waals surface area (Å²) < 4.78 is 1.11. The largest absolute Gasteiger partial charge is 0.339 e. The number of halogens is 1. The van der Waals surface area contributed by atoms with Gasteiger partial charge in [0.2, 0.25) is 0 Å². The Kier molecular flexibility index (Phi) is 2.04. The summed E-state index contributed by atoms with van der Waals surface area (Å²) >= 11 is 3.54. The molecule has 0 aliphatic heterocycles. The summed E-state index contributed by atoms with van der Waals surface area (Å²) in [5, 5.41) is 2.43. The first-order valence-corrected chi connectivity index (χ1v) is 5.98. The maximum Gasteiger partial charge on any atom is 0.138 e. The number of benzene rings is 1. The molecule has 0 saturated carbocycles. The smallest absolute Gasteiger partial charge is 0.138 e. The SMILES string of the molecule is Cc1cnc2[nH]c3c(C)cc(Br)cc3c2c1. The lowest BCUT2D eigenvalue weighted by Gasteiger charge is -1.97. The van der Waals surface area contributed by atoms with Gasteiger partial charge in [0.05, 0.1) is 5.52 Å². The van der Waals surface area contributed by atoms with Crippen LogP contribution in [0.4, 0.5) is 0 Å². The van der Waals surface area contributed by atoms with Gasteiger partial charge < -0.3 is 4.98 Å². The lowest BCUT2D eigenvalue weighted by Crippen LogP contribution is -1.77. The Morgan fingerprint density at radius 1 is 1.12 bits per heavy atom. The minimum absolute atomic E-state index is 0.960. The first-order valence-electron chi connectivity index (χ1n) is 5.19. The molecule has 16 heavy (non-hydrogen) atoms. The molecule has 2 aromatic heterocycles. The van der Waals surface area contributed by atoms with E-state index in [1.54, 1.807) is 0 Å². The van der Waals surface area contributed by atoms with Crippen LogP contribution in [0.25, 0.3) is 21.9 Å². The van der Waals surface area contributed by atoms with Crippen molar-refractivity contribution in [2.75, 3.05) is 0 Å². The van der Waals surface area contributed by atoms with Crippen LogP contribution in [0.3, 0.4) is 0 Å². The van der Waals surface area contributed by atoms with Gasteiger partial charge in [-0.2, -0.15) is 0 Å². The van der Waals surface area contributed by atoms with Crippen molar-refractivity contribution < 1.29 is 0 Å². The van der Waals surface area contributed by atoms with E-state index < -0.39 is 0 Å². The van der Waals surface area contributed by atoms with Gasteiger partial charge in [-0.05, 0) is 43.2 Å². The van der Waals surface area contributed by atoms with E-state index in [9.17, 15) is 0 Å². The Hall–Kier alpha value is -1.35. The lowest BCUT2D eigenvalue weighted by atomic mass is 10.1. The Labute approximate surface area is 102 Å². The molecule has 3 aromatic rings. The second kappa shape index (κ2) is 3.32. The Morgan fingerprint density at radius 2 is 1.94 bits per heavy atom. The predicted molar refractivity (Wildman–Crippen MR) is 70.8 cm³/mol. The van der Waals surface area contributed by atoms with E-state index in [1.165, 1.54) is 27.4 Å². The molecule has 0 amide bonds. The standard InChI is InChI=1S/C13H11BrN2/c1-7-3-11-10-5-9(14)4-8(2)12(10)16-13(11)15-6-7/h3-6H,1-2H3,(H,15,16). The van der Waals surface area contributed by atoms with Gasteiger partial charge in [0, 0.05) is 21.4 Å². The fourth-order valence-corrected chi connectivity index (χ4v) is 2.69. The number of aromatic amines is 1. The fourth-order valence-electron chi connectivity index (χ4n) is 2.11. The topological polar surface area (TPSA) is 28.7 Å². The molecule has 80 valence electrons. The number of rotatable bonds is 0. The molecule has 0 saturated heterocycles. The number of hydrogen-bond donors (Lipinski definition) is 1. The summed E-state index contributed by atoms with van der Waals surface area (Å²) in [5.41, 5.74) is 4.56. The quantitative estimate of drug-likeness (QED) is 0.657. The van der Waals surface area contributed by atoms with Crippen LogP contribution < -0.4 is 0 Å². The molecule has 1 N–H and O–H groups in total. The maximum atomic E-state index is 4.42. The van der Waals surface area contributed by atoms with Gasteiger partial charge in [0.1, 0.15) is 5.65 Å². The zero-order chi connectivity index (χ0) is 11.3. The van der Waals surface area contributed by atoms with Crippen molar-refractivity contribution in [1.82, 2.24) is 9.97 Å². The first-order chi connectivity index (χ1) is 7.65. The van der Waals surface area contributed by atoms with Gasteiger partial charge in [0.15, 0.2) is 0 Å². The van der Waals surface area contributed by atoms with E-state index >= 15 is 0 Å². The molecule has 2 nitrogen and oxygen atoms in total. The summed E-state index contributed by atoms with van der Waals surface area (Å²) in [6.07, 6.45) is 1.89. The minimum Gasteiger partial charge on any atom is -0.339 e.